The van der Waals surface area contributed by atoms with Gasteiger partial charge in [-0.25, -0.2) is 4.79 Å². The summed E-state index contributed by atoms with van der Waals surface area (Å²) in [6.07, 6.45) is 1.31. The number of carbonyl (C=O) groups is 1. The molecule has 1 saturated heterocycles. The molecule has 3 atom stereocenters. The Labute approximate surface area is 119 Å². The second kappa shape index (κ2) is 5.07. The minimum atomic E-state index is -0.0624. The van der Waals surface area contributed by atoms with E-state index in [9.17, 15) is 4.79 Å². The van der Waals surface area contributed by atoms with Crippen molar-refractivity contribution < 1.29 is 9.53 Å². The highest BCUT2D eigenvalue weighted by Crippen LogP contribution is 2.32. The summed E-state index contributed by atoms with van der Waals surface area (Å²) in [5.41, 5.74) is 9.50. The van der Waals surface area contributed by atoms with E-state index in [1.54, 1.807) is 11.9 Å². The standard InChI is InChI=1S/C15H21N3O2/c1-9-5-12(8-20-9)14(16)10-3-4-13-11(6-10)7-18(2)15(19)17-13/h3-4,6,9,12,14H,5,7-8,16H2,1-2H3,(H,17,19). The number of fused-ring (bicyclic) bond motifs is 1. The van der Waals surface area contributed by atoms with Gasteiger partial charge in [0.25, 0.3) is 0 Å². The molecule has 2 heterocycles. The van der Waals surface area contributed by atoms with Crippen LogP contribution in [0.25, 0.3) is 0 Å². The molecule has 5 heteroatoms. The van der Waals surface area contributed by atoms with Crippen LogP contribution in [-0.2, 0) is 11.3 Å². The van der Waals surface area contributed by atoms with Crippen LogP contribution in [0.4, 0.5) is 10.5 Å². The SMILES string of the molecule is CC1CC(C(N)c2ccc3c(c2)CN(C)C(=O)N3)CO1. The van der Waals surface area contributed by atoms with Crippen LogP contribution in [0.15, 0.2) is 18.2 Å². The normalized spacial score (nSPS) is 27.1. The number of benzene rings is 1. The van der Waals surface area contributed by atoms with Gasteiger partial charge in [0.1, 0.15) is 0 Å². The molecule has 0 aromatic heterocycles. The molecule has 0 saturated carbocycles. The molecule has 2 aliphatic rings. The van der Waals surface area contributed by atoms with Crippen molar-refractivity contribution in [1.82, 2.24) is 4.90 Å². The van der Waals surface area contributed by atoms with Gasteiger partial charge in [-0.05, 0) is 30.5 Å². The number of hydrogen-bond acceptors (Lipinski definition) is 3. The van der Waals surface area contributed by atoms with Gasteiger partial charge in [0, 0.05) is 31.2 Å². The first-order valence-corrected chi connectivity index (χ1v) is 7.06. The Morgan fingerprint density at radius 3 is 3.00 bits per heavy atom. The fourth-order valence-electron chi connectivity index (χ4n) is 2.98. The monoisotopic (exact) mass is 275 g/mol. The molecule has 5 nitrogen and oxygen atoms in total. The number of amides is 2. The smallest absolute Gasteiger partial charge is 0.321 e. The molecule has 0 spiro atoms. The molecule has 1 fully saturated rings. The maximum absolute atomic E-state index is 11.6. The summed E-state index contributed by atoms with van der Waals surface area (Å²) in [6, 6.07) is 6.01. The summed E-state index contributed by atoms with van der Waals surface area (Å²) in [4.78, 5) is 13.3. The molecule has 0 bridgehead atoms. The number of hydrogen-bond donors (Lipinski definition) is 2. The molecule has 2 amide bonds. The molecular formula is C15H21N3O2. The molecule has 108 valence electrons. The quantitative estimate of drug-likeness (QED) is 0.868. The van der Waals surface area contributed by atoms with E-state index in [1.807, 2.05) is 12.1 Å². The predicted octanol–water partition coefficient (Wildman–Crippen LogP) is 2.09. The van der Waals surface area contributed by atoms with E-state index >= 15 is 0 Å². The molecule has 20 heavy (non-hydrogen) atoms. The minimum absolute atomic E-state index is 0.00631. The lowest BCUT2D eigenvalue weighted by molar-refractivity contribution is 0.118. The van der Waals surface area contributed by atoms with E-state index < -0.39 is 0 Å². The van der Waals surface area contributed by atoms with Gasteiger partial charge in [0.15, 0.2) is 0 Å². The number of rotatable bonds is 2. The maximum Gasteiger partial charge on any atom is 0.321 e. The Morgan fingerprint density at radius 1 is 1.50 bits per heavy atom. The lowest BCUT2D eigenvalue weighted by Crippen LogP contribution is -2.35. The molecule has 1 aromatic rings. The number of nitrogens with one attached hydrogen (secondary N) is 1. The average Bonchev–Trinajstić information content (AvgIpc) is 2.85. The number of nitrogens with zero attached hydrogens (tertiary/aromatic N) is 1. The van der Waals surface area contributed by atoms with Crippen molar-refractivity contribution in [3.8, 4) is 0 Å². The summed E-state index contributed by atoms with van der Waals surface area (Å²) in [5, 5.41) is 2.87. The third-order valence-corrected chi connectivity index (χ3v) is 4.25. The van der Waals surface area contributed by atoms with Gasteiger partial charge in [-0.3, -0.25) is 0 Å². The van der Waals surface area contributed by atoms with Crippen LogP contribution >= 0.6 is 0 Å². The molecule has 2 aliphatic heterocycles. The summed E-state index contributed by atoms with van der Waals surface area (Å²) >= 11 is 0. The van der Waals surface area contributed by atoms with Crippen molar-refractivity contribution in [1.29, 1.82) is 0 Å². The van der Waals surface area contributed by atoms with Gasteiger partial charge in [-0.15, -0.1) is 0 Å². The lowest BCUT2D eigenvalue weighted by atomic mass is 9.90. The predicted molar refractivity (Wildman–Crippen MR) is 77.4 cm³/mol. The summed E-state index contributed by atoms with van der Waals surface area (Å²) < 4.78 is 5.61. The van der Waals surface area contributed by atoms with Crippen molar-refractivity contribution in [2.24, 2.45) is 11.7 Å². The largest absolute Gasteiger partial charge is 0.378 e. The fourth-order valence-corrected chi connectivity index (χ4v) is 2.98. The van der Waals surface area contributed by atoms with Crippen LogP contribution in [0.3, 0.4) is 0 Å². The van der Waals surface area contributed by atoms with E-state index in [-0.39, 0.29) is 12.1 Å². The summed E-state index contributed by atoms with van der Waals surface area (Å²) in [7, 11) is 1.79. The van der Waals surface area contributed by atoms with Gasteiger partial charge < -0.3 is 20.7 Å². The van der Waals surface area contributed by atoms with Crippen molar-refractivity contribution in [3.05, 3.63) is 29.3 Å². The van der Waals surface area contributed by atoms with E-state index in [0.717, 1.165) is 29.8 Å². The van der Waals surface area contributed by atoms with Gasteiger partial charge in [0.05, 0.1) is 12.7 Å². The van der Waals surface area contributed by atoms with Gasteiger partial charge >= 0.3 is 6.03 Å². The molecule has 3 unspecified atom stereocenters. The molecule has 0 radical (unpaired) electrons. The Balaban J connectivity index is 1.82. The molecule has 1 aromatic carbocycles. The summed E-state index contributed by atoms with van der Waals surface area (Å²) in [5.74, 6) is 0.374. The van der Waals surface area contributed by atoms with E-state index in [1.165, 1.54) is 0 Å². The highest BCUT2D eigenvalue weighted by Gasteiger charge is 2.29. The average molecular weight is 275 g/mol. The molecule has 0 aliphatic carbocycles. The molecule has 3 rings (SSSR count). The Morgan fingerprint density at radius 2 is 2.30 bits per heavy atom. The van der Waals surface area contributed by atoms with Crippen LogP contribution in [0.1, 0.15) is 30.5 Å². The van der Waals surface area contributed by atoms with E-state index in [0.29, 0.717) is 18.6 Å². The fraction of sp³-hybridized carbons (Fsp3) is 0.533. The minimum Gasteiger partial charge on any atom is -0.378 e. The number of carbonyl (C=O) groups excluding carboxylic acids is 1. The van der Waals surface area contributed by atoms with Crippen molar-refractivity contribution in [2.45, 2.75) is 32.0 Å². The third kappa shape index (κ3) is 2.39. The van der Waals surface area contributed by atoms with Gasteiger partial charge in [0.2, 0.25) is 0 Å². The second-order valence-corrected chi connectivity index (χ2v) is 5.87. The van der Waals surface area contributed by atoms with Crippen molar-refractivity contribution in [2.75, 3.05) is 19.0 Å². The van der Waals surface area contributed by atoms with Crippen LogP contribution in [-0.4, -0.2) is 30.7 Å². The number of anilines is 1. The Hall–Kier alpha value is -1.59. The zero-order valence-electron chi connectivity index (χ0n) is 11.9. The maximum atomic E-state index is 11.6. The number of nitrogens with two attached hydrogens (primary N) is 1. The van der Waals surface area contributed by atoms with Crippen molar-refractivity contribution in [3.63, 3.8) is 0 Å². The molecular weight excluding hydrogens is 254 g/mol. The topological polar surface area (TPSA) is 67.6 Å². The van der Waals surface area contributed by atoms with Crippen LogP contribution in [0.2, 0.25) is 0 Å². The van der Waals surface area contributed by atoms with Crippen molar-refractivity contribution >= 4 is 11.7 Å². The zero-order valence-corrected chi connectivity index (χ0v) is 11.9. The highest BCUT2D eigenvalue weighted by atomic mass is 16.5. The number of ether oxygens (including phenoxy) is 1. The molecule has 3 N–H and O–H groups in total. The van der Waals surface area contributed by atoms with Crippen LogP contribution in [0.5, 0.6) is 0 Å². The first kappa shape index (κ1) is 13.4. The van der Waals surface area contributed by atoms with E-state index in [2.05, 4.69) is 18.3 Å². The first-order valence-electron chi connectivity index (χ1n) is 7.06. The Kier molecular flexibility index (Phi) is 3.40. The van der Waals surface area contributed by atoms with E-state index in [4.69, 9.17) is 10.5 Å². The van der Waals surface area contributed by atoms with Gasteiger partial charge in [-0.1, -0.05) is 12.1 Å². The third-order valence-electron chi connectivity index (χ3n) is 4.25. The zero-order chi connectivity index (χ0) is 14.3. The Bertz CT molecular complexity index is 532. The highest BCUT2D eigenvalue weighted by molar-refractivity contribution is 5.92. The second-order valence-electron chi connectivity index (χ2n) is 5.87. The van der Waals surface area contributed by atoms with Gasteiger partial charge in [-0.2, -0.15) is 0 Å². The number of urea groups is 1. The summed E-state index contributed by atoms with van der Waals surface area (Å²) in [6.45, 7) is 3.44. The lowest BCUT2D eigenvalue weighted by Gasteiger charge is -2.27. The van der Waals surface area contributed by atoms with Crippen LogP contribution in [0, 0.1) is 5.92 Å². The first-order chi connectivity index (χ1) is 9.54. The van der Waals surface area contributed by atoms with Crippen LogP contribution < -0.4 is 11.1 Å².